The van der Waals surface area contributed by atoms with Crippen LogP contribution in [0.4, 0.5) is 10.1 Å². The highest BCUT2D eigenvalue weighted by Gasteiger charge is 2.15. The smallest absolute Gasteiger partial charge is 0.340 e. The molecule has 6 nitrogen and oxygen atoms in total. The maximum atomic E-state index is 13.3. The molecule has 8 heteroatoms. The number of aromatic carboxylic acids is 1. The minimum absolute atomic E-state index is 0.0209. The number of carboxylic acid groups (broad SMARTS) is 1. The highest BCUT2D eigenvalue weighted by atomic mass is 32.2. The summed E-state index contributed by atoms with van der Waals surface area (Å²) in [6.45, 7) is -0.0209. The quantitative estimate of drug-likeness (QED) is 0.702. The van der Waals surface area contributed by atoms with Gasteiger partial charge >= 0.3 is 5.97 Å². The molecule has 1 aromatic rings. The number of nitrogens with one attached hydrogen (secondary N) is 2. The highest BCUT2D eigenvalue weighted by Crippen LogP contribution is 2.18. The van der Waals surface area contributed by atoms with Crippen molar-refractivity contribution in [2.45, 2.75) is 0 Å². The number of carboxylic acids is 1. The molecule has 0 heterocycles. The van der Waals surface area contributed by atoms with Gasteiger partial charge in [-0.25, -0.2) is 22.3 Å². The Hall–Kier alpha value is -1.67. The van der Waals surface area contributed by atoms with Crippen molar-refractivity contribution in [3.63, 3.8) is 0 Å². The molecular formula is C10H13FN2O4S. The molecule has 18 heavy (non-hydrogen) atoms. The van der Waals surface area contributed by atoms with Crippen LogP contribution in [0.15, 0.2) is 18.2 Å². The molecule has 0 amide bonds. The maximum absolute atomic E-state index is 13.3. The van der Waals surface area contributed by atoms with Gasteiger partial charge in [-0.3, -0.25) is 0 Å². The Labute approximate surface area is 104 Å². The van der Waals surface area contributed by atoms with Crippen LogP contribution in [0.25, 0.3) is 0 Å². The highest BCUT2D eigenvalue weighted by molar-refractivity contribution is 7.89. The van der Waals surface area contributed by atoms with Gasteiger partial charge in [-0.2, -0.15) is 0 Å². The van der Waals surface area contributed by atoms with Crippen LogP contribution >= 0.6 is 0 Å². The molecule has 0 saturated heterocycles. The van der Waals surface area contributed by atoms with Gasteiger partial charge < -0.3 is 10.4 Å². The van der Waals surface area contributed by atoms with E-state index in [1.807, 2.05) is 0 Å². The molecule has 0 aliphatic carbocycles. The largest absolute Gasteiger partial charge is 0.478 e. The first-order valence-electron chi connectivity index (χ1n) is 5.04. The summed E-state index contributed by atoms with van der Waals surface area (Å²) in [6.07, 6.45) is 0. The summed E-state index contributed by atoms with van der Waals surface area (Å²) in [6, 6.07) is 3.74. The van der Waals surface area contributed by atoms with E-state index < -0.39 is 27.4 Å². The lowest BCUT2D eigenvalue weighted by Gasteiger charge is -2.10. The Morgan fingerprint density at radius 3 is 2.67 bits per heavy atom. The van der Waals surface area contributed by atoms with Crippen molar-refractivity contribution in [3.8, 4) is 0 Å². The molecule has 0 aromatic heterocycles. The summed E-state index contributed by atoms with van der Waals surface area (Å²) in [5.74, 6) is -2.52. The Morgan fingerprint density at radius 2 is 2.11 bits per heavy atom. The Balaban J connectivity index is 2.80. The van der Waals surface area contributed by atoms with Crippen LogP contribution in [0.5, 0.6) is 0 Å². The van der Waals surface area contributed by atoms with Crippen molar-refractivity contribution in [1.82, 2.24) is 4.72 Å². The van der Waals surface area contributed by atoms with Gasteiger partial charge in [-0.05, 0) is 19.2 Å². The van der Waals surface area contributed by atoms with Crippen molar-refractivity contribution in [2.75, 3.05) is 24.7 Å². The van der Waals surface area contributed by atoms with E-state index in [4.69, 9.17) is 5.11 Å². The number of hydrogen-bond acceptors (Lipinski definition) is 4. The molecule has 0 bridgehead atoms. The second-order valence-corrected chi connectivity index (χ2v) is 5.46. The number of carbonyl (C=O) groups is 1. The van der Waals surface area contributed by atoms with Crippen molar-refractivity contribution in [2.24, 2.45) is 0 Å². The van der Waals surface area contributed by atoms with E-state index in [0.717, 1.165) is 6.07 Å². The molecule has 0 atom stereocenters. The van der Waals surface area contributed by atoms with Crippen LogP contribution in [0.2, 0.25) is 0 Å². The van der Waals surface area contributed by atoms with Gasteiger partial charge in [-0.15, -0.1) is 0 Å². The third-order valence-corrected chi connectivity index (χ3v) is 3.59. The Kier molecular flexibility index (Phi) is 4.62. The zero-order chi connectivity index (χ0) is 13.8. The maximum Gasteiger partial charge on any atom is 0.340 e. The number of sulfonamides is 1. The summed E-state index contributed by atoms with van der Waals surface area (Å²) in [5.41, 5.74) is -0.451. The van der Waals surface area contributed by atoms with Crippen LogP contribution < -0.4 is 10.0 Å². The Morgan fingerprint density at radius 1 is 1.44 bits per heavy atom. The third-order valence-electron chi connectivity index (χ3n) is 2.22. The number of anilines is 1. The van der Waals surface area contributed by atoms with Crippen LogP contribution in [0.1, 0.15) is 10.4 Å². The normalized spacial score (nSPS) is 11.2. The molecule has 0 aliphatic rings. The fourth-order valence-corrected chi connectivity index (χ4v) is 1.89. The van der Waals surface area contributed by atoms with Gasteiger partial charge in [0.05, 0.1) is 11.4 Å². The van der Waals surface area contributed by atoms with Gasteiger partial charge in [-0.1, -0.05) is 6.07 Å². The lowest BCUT2D eigenvalue weighted by Crippen LogP contribution is -2.26. The van der Waals surface area contributed by atoms with Crippen molar-refractivity contribution in [1.29, 1.82) is 0 Å². The van der Waals surface area contributed by atoms with Gasteiger partial charge in [0.25, 0.3) is 0 Å². The van der Waals surface area contributed by atoms with E-state index in [2.05, 4.69) is 10.0 Å². The molecule has 0 saturated carbocycles. The van der Waals surface area contributed by atoms with Crippen LogP contribution in [0.3, 0.4) is 0 Å². The topological polar surface area (TPSA) is 95.5 Å². The van der Waals surface area contributed by atoms with Crippen LogP contribution in [-0.4, -0.2) is 38.8 Å². The third kappa shape index (κ3) is 3.67. The van der Waals surface area contributed by atoms with Gasteiger partial charge in [0, 0.05) is 6.54 Å². The lowest BCUT2D eigenvalue weighted by atomic mass is 10.1. The van der Waals surface area contributed by atoms with E-state index >= 15 is 0 Å². The summed E-state index contributed by atoms with van der Waals surface area (Å²) < 4.78 is 37.7. The monoisotopic (exact) mass is 276 g/mol. The number of benzene rings is 1. The lowest BCUT2D eigenvalue weighted by molar-refractivity contribution is 0.0693. The summed E-state index contributed by atoms with van der Waals surface area (Å²) in [7, 11) is -2.11. The molecule has 3 N–H and O–H groups in total. The summed E-state index contributed by atoms with van der Waals surface area (Å²) in [4.78, 5) is 10.8. The van der Waals surface area contributed by atoms with Crippen LogP contribution in [-0.2, 0) is 10.0 Å². The first-order chi connectivity index (χ1) is 8.37. The predicted molar refractivity (Wildman–Crippen MR) is 64.7 cm³/mol. The van der Waals surface area contributed by atoms with E-state index in [1.54, 1.807) is 0 Å². The second kappa shape index (κ2) is 5.78. The molecule has 1 aromatic carbocycles. The molecule has 0 spiro atoms. The molecule has 1 rings (SSSR count). The van der Waals surface area contributed by atoms with Crippen molar-refractivity contribution in [3.05, 3.63) is 29.6 Å². The molecule has 0 aliphatic heterocycles. The number of rotatable bonds is 6. The van der Waals surface area contributed by atoms with Crippen molar-refractivity contribution < 1.29 is 22.7 Å². The summed E-state index contributed by atoms with van der Waals surface area (Å²) >= 11 is 0. The van der Waals surface area contributed by atoms with Crippen LogP contribution in [0, 0.1) is 5.82 Å². The average Bonchev–Trinajstić information content (AvgIpc) is 2.28. The van der Waals surface area contributed by atoms with Gasteiger partial charge in [0.2, 0.25) is 10.0 Å². The molecule has 0 fully saturated rings. The molecule has 100 valence electrons. The molecule has 0 radical (unpaired) electrons. The zero-order valence-electron chi connectivity index (χ0n) is 9.60. The zero-order valence-corrected chi connectivity index (χ0v) is 10.4. The molecule has 0 unspecified atom stereocenters. The van der Waals surface area contributed by atoms with E-state index in [9.17, 15) is 17.6 Å². The van der Waals surface area contributed by atoms with Gasteiger partial charge in [0.1, 0.15) is 11.4 Å². The molecular weight excluding hydrogens is 263 g/mol. The van der Waals surface area contributed by atoms with Gasteiger partial charge in [0.15, 0.2) is 0 Å². The average molecular weight is 276 g/mol. The fourth-order valence-electron chi connectivity index (χ4n) is 1.31. The number of hydrogen-bond donors (Lipinski definition) is 3. The summed E-state index contributed by atoms with van der Waals surface area (Å²) in [5, 5.41) is 11.4. The predicted octanol–water partition coefficient (Wildman–Crippen LogP) is 0.485. The number of halogens is 1. The first kappa shape index (κ1) is 14.4. The minimum atomic E-state index is -3.39. The standard InChI is InChI=1S/C10H13FN2O4S/c1-12-18(16,17)6-5-13-8-4-2-3-7(11)9(8)10(14)15/h2-4,12-13H,5-6H2,1H3,(H,14,15). The fraction of sp³-hybridized carbons (Fsp3) is 0.300. The van der Waals surface area contributed by atoms with E-state index in [-0.39, 0.29) is 18.0 Å². The second-order valence-electron chi connectivity index (χ2n) is 3.42. The van der Waals surface area contributed by atoms with E-state index in [1.165, 1.54) is 19.2 Å². The van der Waals surface area contributed by atoms with E-state index in [0.29, 0.717) is 0 Å². The van der Waals surface area contributed by atoms with Crippen molar-refractivity contribution >= 4 is 21.7 Å². The minimum Gasteiger partial charge on any atom is -0.478 e. The Bertz CT molecular complexity index is 545. The first-order valence-corrected chi connectivity index (χ1v) is 6.69. The SMILES string of the molecule is CNS(=O)(=O)CCNc1cccc(F)c1C(=O)O.